The minimum absolute atomic E-state index is 0.216. The van der Waals surface area contributed by atoms with Gasteiger partial charge in [0.15, 0.2) is 0 Å². The van der Waals surface area contributed by atoms with Gasteiger partial charge in [-0.2, -0.15) is 11.3 Å². The Morgan fingerprint density at radius 1 is 1.50 bits per heavy atom. The summed E-state index contributed by atoms with van der Waals surface area (Å²) in [5.41, 5.74) is 3.84. The molecule has 0 aromatic carbocycles. The molecule has 0 saturated carbocycles. The van der Waals surface area contributed by atoms with Crippen molar-refractivity contribution in [3.63, 3.8) is 0 Å². The highest BCUT2D eigenvalue weighted by Crippen LogP contribution is 2.15. The topological polar surface area (TPSA) is 62.4 Å². The van der Waals surface area contributed by atoms with Crippen molar-refractivity contribution >= 4 is 17.3 Å². The smallest absolute Gasteiger partial charge is 0.206 e. The lowest BCUT2D eigenvalue weighted by Gasteiger charge is -2.15. The van der Waals surface area contributed by atoms with Crippen LogP contribution in [0.5, 0.6) is 0 Å². The fourth-order valence-corrected chi connectivity index (χ4v) is 1.97. The predicted molar refractivity (Wildman–Crippen MR) is 70.3 cm³/mol. The number of thiophene rings is 1. The molecule has 0 saturated heterocycles. The van der Waals surface area contributed by atoms with Gasteiger partial charge in [0.25, 0.3) is 0 Å². The molecule has 0 radical (unpaired) electrons. The Kier molecular flexibility index (Phi) is 5.28. The molecule has 0 bridgehead atoms. The van der Waals surface area contributed by atoms with Crippen LogP contribution in [0.15, 0.2) is 21.8 Å². The van der Waals surface area contributed by atoms with Crippen LogP contribution in [0.4, 0.5) is 0 Å². The third kappa shape index (κ3) is 4.20. The average molecular weight is 240 g/mol. The van der Waals surface area contributed by atoms with E-state index in [-0.39, 0.29) is 6.04 Å². The molecule has 0 aliphatic rings. The molecule has 1 aromatic heterocycles. The summed E-state index contributed by atoms with van der Waals surface area (Å²) in [6.07, 6.45) is 0. The Morgan fingerprint density at radius 2 is 2.25 bits per heavy atom. The highest BCUT2D eigenvalue weighted by atomic mass is 32.1. The van der Waals surface area contributed by atoms with Gasteiger partial charge in [-0.1, -0.05) is 13.8 Å². The summed E-state index contributed by atoms with van der Waals surface area (Å²) >= 11 is 1.69. The Labute approximate surface area is 101 Å². The molecule has 0 spiro atoms. The number of nitrogens with two attached hydrogens (primary N) is 1. The summed E-state index contributed by atoms with van der Waals surface area (Å²) in [4.78, 5) is 4.36. The Morgan fingerprint density at radius 3 is 2.75 bits per heavy atom. The molecule has 90 valence electrons. The molecule has 1 unspecified atom stereocenters. The van der Waals surface area contributed by atoms with Crippen LogP contribution < -0.4 is 16.6 Å². The zero-order valence-electron chi connectivity index (χ0n) is 10.0. The highest BCUT2D eigenvalue weighted by molar-refractivity contribution is 7.07. The van der Waals surface area contributed by atoms with E-state index in [4.69, 9.17) is 5.84 Å². The zero-order chi connectivity index (χ0) is 12.0. The maximum Gasteiger partial charge on any atom is 0.206 e. The second-order valence-electron chi connectivity index (χ2n) is 4.15. The number of hydrogen-bond acceptors (Lipinski definition) is 3. The average Bonchev–Trinajstić information content (AvgIpc) is 2.76. The van der Waals surface area contributed by atoms with Crippen molar-refractivity contribution in [1.82, 2.24) is 10.7 Å². The SMILES string of the molecule is CC(C)CN=C(NN)NC(C)c1ccsc1. The van der Waals surface area contributed by atoms with Crippen molar-refractivity contribution < 1.29 is 0 Å². The molecule has 0 aliphatic carbocycles. The maximum atomic E-state index is 5.42. The van der Waals surface area contributed by atoms with Crippen LogP contribution in [0.1, 0.15) is 32.4 Å². The lowest BCUT2D eigenvalue weighted by molar-refractivity contribution is 0.643. The van der Waals surface area contributed by atoms with Gasteiger partial charge >= 0.3 is 0 Å². The highest BCUT2D eigenvalue weighted by Gasteiger charge is 2.07. The van der Waals surface area contributed by atoms with Crippen molar-refractivity contribution in [3.8, 4) is 0 Å². The summed E-state index contributed by atoms with van der Waals surface area (Å²) in [6.45, 7) is 7.10. The van der Waals surface area contributed by atoms with Gasteiger partial charge in [-0.3, -0.25) is 10.4 Å². The lowest BCUT2D eigenvalue weighted by Crippen LogP contribution is -2.42. The van der Waals surface area contributed by atoms with E-state index in [0.717, 1.165) is 6.54 Å². The molecule has 0 aliphatic heterocycles. The maximum absolute atomic E-state index is 5.42. The van der Waals surface area contributed by atoms with Gasteiger partial charge < -0.3 is 5.32 Å². The zero-order valence-corrected chi connectivity index (χ0v) is 10.8. The van der Waals surface area contributed by atoms with Crippen molar-refractivity contribution in [1.29, 1.82) is 0 Å². The van der Waals surface area contributed by atoms with E-state index < -0.39 is 0 Å². The van der Waals surface area contributed by atoms with Gasteiger partial charge in [0, 0.05) is 6.54 Å². The van der Waals surface area contributed by atoms with Crippen LogP contribution in [0, 0.1) is 5.92 Å². The normalized spacial score (nSPS) is 13.9. The number of aliphatic imine (C=N–C) groups is 1. The van der Waals surface area contributed by atoms with Gasteiger partial charge in [-0.15, -0.1) is 0 Å². The van der Waals surface area contributed by atoms with Crippen molar-refractivity contribution in [3.05, 3.63) is 22.4 Å². The van der Waals surface area contributed by atoms with Crippen LogP contribution in [0.3, 0.4) is 0 Å². The predicted octanol–water partition coefficient (Wildman–Crippen LogP) is 1.87. The van der Waals surface area contributed by atoms with Crippen LogP contribution in [0.25, 0.3) is 0 Å². The third-order valence-electron chi connectivity index (χ3n) is 2.15. The first-order valence-electron chi connectivity index (χ1n) is 5.43. The Balaban J connectivity index is 2.53. The number of nitrogens with one attached hydrogen (secondary N) is 2. The molecule has 0 amide bonds. The molecule has 0 fully saturated rings. The van der Waals surface area contributed by atoms with Crippen molar-refractivity contribution in [2.24, 2.45) is 16.8 Å². The van der Waals surface area contributed by atoms with Crippen LogP contribution in [-0.2, 0) is 0 Å². The van der Waals surface area contributed by atoms with Crippen LogP contribution >= 0.6 is 11.3 Å². The van der Waals surface area contributed by atoms with E-state index in [1.54, 1.807) is 11.3 Å². The van der Waals surface area contributed by atoms with Gasteiger partial charge in [-0.25, -0.2) is 5.84 Å². The molecule has 1 atom stereocenters. The lowest BCUT2D eigenvalue weighted by atomic mass is 10.2. The number of hydrazine groups is 1. The summed E-state index contributed by atoms with van der Waals surface area (Å²) in [5, 5.41) is 7.43. The number of rotatable bonds is 4. The summed E-state index contributed by atoms with van der Waals surface area (Å²) in [7, 11) is 0. The molecule has 16 heavy (non-hydrogen) atoms. The largest absolute Gasteiger partial charge is 0.349 e. The van der Waals surface area contributed by atoms with E-state index in [2.05, 4.69) is 53.3 Å². The second kappa shape index (κ2) is 6.50. The monoisotopic (exact) mass is 240 g/mol. The molecule has 5 heteroatoms. The van der Waals surface area contributed by atoms with E-state index >= 15 is 0 Å². The van der Waals surface area contributed by atoms with Crippen LogP contribution in [-0.4, -0.2) is 12.5 Å². The molecule has 1 rings (SSSR count). The first-order chi connectivity index (χ1) is 7.63. The molecule has 1 heterocycles. The third-order valence-corrected chi connectivity index (χ3v) is 2.85. The Bertz CT molecular complexity index is 319. The van der Waals surface area contributed by atoms with Gasteiger partial charge in [0.1, 0.15) is 0 Å². The molecule has 1 aromatic rings. The van der Waals surface area contributed by atoms with Gasteiger partial charge in [0.05, 0.1) is 6.04 Å². The summed E-state index contributed by atoms with van der Waals surface area (Å²) in [5.74, 6) is 6.59. The second-order valence-corrected chi connectivity index (χ2v) is 4.93. The first kappa shape index (κ1) is 13.0. The van der Waals surface area contributed by atoms with Crippen LogP contribution in [0.2, 0.25) is 0 Å². The quantitative estimate of drug-likeness (QED) is 0.326. The van der Waals surface area contributed by atoms with E-state index in [0.29, 0.717) is 11.9 Å². The van der Waals surface area contributed by atoms with E-state index in [1.165, 1.54) is 5.56 Å². The molecule has 4 nitrogen and oxygen atoms in total. The fourth-order valence-electron chi connectivity index (χ4n) is 1.22. The van der Waals surface area contributed by atoms with Gasteiger partial charge in [-0.05, 0) is 35.2 Å². The standard InChI is InChI=1S/C11H20N4S/c1-8(2)6-13-11(15-12)14-9(3)10-4-5-16-7-10/h4-5,7-9H,6,12H2,1-3H3,(H2,13,14,15). The fraction of sp³-hybridized carbons (Fsp3) is 0.545. The molecule has 4 N–H and O–H groups in total. The minimum Gasteiger partial charge on any atom is -0.349 e. The summed E-state index contributed by atoms with van der Waals surface area (Å²) < 4.78 is 0. The number of nitrogens with zero attached hydrogens (tertiary/aromatic N) is 1. The van der Waals surface area contributed by atoms with E-state index in [9.17, 15) is 0 Å². The van der Waals surface area contributed by atoms with Gasteiger partial charge in [0.2, 0.25) is 5.96 Å². The first-order valence-corrected chi connectivity index (χ1v) is 6.37. The molecular weight excluding hydrogens is 220 g/mol. The summed E-state index contributed by atoms with van der Waals surface area (Å²) in [6, 6.07) is 2.31. The number of hydrogen-bond donors (Lipinski definition) is 3. The van der Waals surface area contributed by atoms with Crippen molar-refractivity contribution in [2.75, 3.05) is 6.54 Å². The minimum atomic E-state index is 0.216. The molecular formula is C11H20N4S. The Hall–Kier alpha value is -1.07. The van der Waals surface area contributed by atoms with E-state index in [1.807, 2.05) is 0 Å². The van der Waals surface area contributed by atoms with Crippen molar-refractivity contribution in [2.45, 2.75) is 26.8 Å². The number of guanidine groups is 1.